The van der Waals surface area contributed by atoms with Crippen LogP contribution in [0.15, 0.2) is 12.3 Å². The predicted molar refractivity (Wildman–Crippen MR) is 85.1 cm³/mol. The van der Waals surface area contributed by atoms with Crippen LogP contribution < -0.4 is 5.73 Å². The van der Waals surface area contributed by atoms with E-state index < -0.39 is 0 Å². The van der Waals surface area contributed by atoms with Crippen molar-refractivity contribution in [3.05, 3.63) is 18.0 Å². The molecule has 2 rings (SSSR count). The van der Waals surface area contributed by atoms with Crippen LogP contribution in [0.1, 0.15) is 64.1 Å². The van der Waals surface area contributed by atoms with Crippen molar-refractivity contribution in [2.75, 3.05) is 6.54 Å². The summed E-state index contributed by atoms with van der Waals surface area (Å²) in [5.41, 5.74) is 6.65. The summed E-state index contributed by atoms with van der Waals surface area (Å²) in [6, 6.07) is 2.53. The van der Waals surface area contributed by atoms with E-state index >= 15 is 0 Å². The van der Waals surface area contributed by atoms with Crippen LogP contribution in [0.25, 0.3) is 0 Å². The Bertz CT molecular complexity index is 447. The molecule has 0 aromatic carbocycles. The molecule has 1 saturated carbocycles. The first-order valence-electron chi connectivity index (χ1n) is 8.37. The first-order valence-corrected chi connectivity index (χ1v) is 8.37. The van der Waals surface area contributed by atoms with E-state index in [9.17, 15) is 4.79 Å². The lowest BCUT2D eigenvalue weighted by Gasteiger charge is -2.21. The lowest BCUT2D eigenvalue weighted by molar-refractivity contribution is -0.122. The molecule has 4 heteroatoms. The summed E-state index contributed by atoms with van der Waals surface area (Å²) < 4.78 is 2.07. The molecule has 0 radical (unpaired) electrons. The third-order valence-corrected chi connectivity index (χ3v) is 4.46. The number of hydrogen-bond donors (Lipinski definition) is 1. The maximum Gasteiger partial charge on any atom is 0.143 e. The van der Waals surface area contributed by atoms with Gasteiger partial charge < -0.3 is 5.73 Å². The molecule has 0 bridgehead atoms. The molecule has 0 spiro atoms. The molecule has 1 aliphatic carbocycles. The van der Waals surface area contributed by atoms with Gasteiger partial charge >= 0.3 is 0 Å². The van der Waals surface area contributed by atoms with Gasteiger partial charge in [0, 0.05) is 18.7 Å². The molecule has 21 heavy (non-hydrogen) atoms. The highest BCUT2D eigenvalue weighted by molar-refractivity contribution is 5.83. The van der Waals surface area contributed by atoms with Crippen LogP contribution in [0.4, 0.5) is 0 Å². The molecule has 1 unspecified atom stereocenters. The van der Waals surface area contributed by atoms with Gasteiger partial charge in [0.1, 0.15) is 5.78 Å². The first kappa shape index (κ1) is 16.2. The van der Waals surface area contributed by atoms with E-state index in [1.54, 1.807) is 0 Å². The highest BCUT2D eigenvalue weighted by Crippen LogP contribution is 2.27. The van der Waals surface area contributed by atoms with Crippen LogP contribution in [0.3, 0.4) is 0 Å². The van der Waals surface area contributed by atoms with Gasteiger partial charge in [-0.05, 0) is 31.2 Å². The lowest BCUT2D eigenvalue weighted by atomic mass is 9.91. The lowest BCUT2D eigenvalue weighted by Crippen LogP contribution is -2.26. The number of carbonyl (C=O) groups is 1. The second-order valence-corrected chi connectivity index (χ2v) is 6.78. The SMILES string of the molecule is CC(C)CC(CN)C(=O)Cc1ccn(C2CCCCC2)n1. The topological polar surface area (TPSA) is 60.9 Å². The van der Waals surface area contributed by atoms with E-state index in [1.807, 2.05) is 12.3 Å². The fraction of sp³-hybridized carbons (Fsp3) is 0.765. The van der Waals surface area contributed by atoms with Crippen molar-refractivity contribution in [1.29, 1.82) is 0 Å². The van der Waals surface area contributed by atoms with Crippen molar-refractivity contribution >= 4 is 5.78 Å². The molecule has 1 fully saturated rings. The molecule has 1 aliphatic rings. The van der Waals surface area contributed by atoms with Gasteiger partial charge in [0.05, 0.1) is 18.2 Å². The summed E-state index contributed by atoms with van der Waals surface area (Å²) in [5.74, 6) is 0.715. The minimum absolute atomic E-state index is 0.0233. The number of ketones is 1. The number of hydrogen-bond acceptors (Lipinski definition) is 3. The average molecular weight is 291 g/mol. The molecule has 1 aromatic rings. The molecule has 0 amide bonds. The highest BCUT2D eigenvalue weighted by atomic mass is 16.1. The quantitative estimate of drug-likeness (QED) is 0.839. The largest absolute Gasteiger partial charge is 0.330 e. The molecule has 118 valence electrons. The second-order valence-electron chi connectivity index (χ2n) is 6.78. The molecular weight excluding hydrogens is 262 g/mol. The normalized spacial score (nSPS) is 18.1. The molecular formula is C17H29N3O. The van der Waals surface area contributed by atoms with Crippen LogP contribution in [0, 0.1) is 11.8 Å². The zero-order valence-corrected chi connectivity index (χ0v) is 13.4. The van der Waals surface area contributed by atoms with Gasteiger partial charge in [-0.25, -0.2) is 0 Å². The fourth-order valence-corrected chi connectivity index (χ4v) is 3.27. The van der Waals surface area contributed by atoms with Gasteiger partial charge in [-0.3, -0.25) is 9.48 Å². The van der Waals surface area contributed by atoms with Crippen molar-refractivity contribution < 1.29 is 4.79 Å². The van der Waals surface area contributed by atoms with E-state index in [2.05, 4.69) is 23.6 Å². The molecule has 1 heterocycles. The standard InChI is InChI=1S/C17H29N3O/c1-13(2)10-14(12-18)17(21)11-15-8-9-20(19-15)16-6-4-3-5-7-16/h8-9,13-14,16H,3-7,10-12,18H2,1-2H3. The summed E-state index contributed by atoms with van der Waals surface area (Å²) in [5, 5.41) is 4.62. The van der Waals surface area contributed by atoms with E-state index in [-0.39, 0.29) is 11.7 Å². The number of nitrogens with two attached hydrogens (primary N) is 1. The maximum atomic E-state index is 12.3. The third kappa shape index (κ3) is 4.67. The zero-order chi connectivity index (χ0) is 15.2. The Morgan fingerprint density at radius 3 is 2.71 bits per heavy atom. The van der Waals surface area contributed by atoms with Crippen molar-refractivity contribution in [2.45, 2.75) is 64.8 Å². The van der Waals surface area contributed by atoms with Crippen LogP contribution in [-0.2, 0) is 11.2 Å². The number of Topliss-reactive ketones (excluding diaryl/α,β-unsaturated/α-hetero) is 1. The number of rotatable bonds is 7. The monoisotopic (exact) mass is 291 g/mol. The van der Waals surface area contributed by atoms with E-state index in [4.69, 9.17) is 5.73 Å². The molecule has 1 atom stereocenters. The second kappa shape index (κ2) is 7.74. The summed E-state index contributed by atoms with van der Waals surface area (Å²) in [6.07, 6.45) is 9.70. The zero-order valence-electron chi connectivity index (χ0n) is 13.4. The Hall–Kier alpha value is -1.16. The molecule has 0 saturated heterocycles. The Kier molecular flexibility index (Phi) is 5.97. The number of aromatic nitrogens is 2. The highest BCUT2D eigenvalue weighted by Gasteiger charge is 2.20. The smallest absolute Gasteiger partial charge is 0.143 e. The Morgan fingerprint density at radius 1 is 1.38 bits per heavy atom. The van der Waals surface area contributed by atoms with Gasteiger partial charge in [0.15, 0.2) is 0 Å². The Balaban J connectivity index is 1.93. The van der Waals surface area contributed by atoms with E-state index in [0.29, 0.717) is 24.9 Å². The van der Waals surface area contributed by atoms with Gasteiger partial charge in [-0.15, -0.1) is 0 Å². The predicted octanol–water partition coefficient (Wildman–Crippen LogP) is 3.12. The van der Waals surface area contributed by atoms with Crippen LogP contribution in [-0.4, -0.2) is 22.1 Å². The summed E-state index contributed by atoms with van der Waals surface area (Å²) in [7, 11) is 0. The number of nitrogens with zero attached hydrogens (tertiary/aromatic N) is 2. The van der Waals surface area contributed by atoms with Crippen LogP contribution >= 0.6 is 0 Å². The third-order valence-electron chi connectivity index (χ3n) is 4.46. The Morgan fingerprint density at radius 2 is 2.10 bits per heavy atom. The van der Waals surface area contributed by atoms with Gasteiger partial charge in [0.25, 0.3) is 0 Å². The van der Waals surface area contributed by atoms with Crippen molar-refractivity contribution in [1.82, 2.24) is 9.78 Å². The van der Waals surface area contributed by atoms with Gasteiger partial charge in [-0.2, -0.15) is 5.10 Å². The first-order chi connectivity index (χ1) is 10.1. The number of carbonyl (C=O) groups excluding carboxylic acids is 1. The summed E-state index contributed by atoms with van der Waals surface area (Å²) in [4.78, 5) is 12.3. The fourth-order valence-electron chi connectivity index (χ4n) is 3.27. The summed E-state index contributed by atoms with van der Waals surface area (Å²) >= 11 is 0. The van der Waals surface area contributed by atoms with Crippen molar-refractivity contribution in [3.63, 3.8) is 0 Å². The van der Waals surface area contributed by atoms with Gasteiger partial charge in [0.2, 0.25) is 0 Å². The minimum Gasteiger partial charge on any atom is -0.330 e. The molecule has 2 N–H and O–H groups in total. The molecule has 4 nitrogen and oxygen atoms in total. The van der Waals surface area contributed by atoms with E-state index in [1.165, 1.54) is 32.1 Å². The van der Waals surface area contributed by atoms with Crippen molar-refractivity contribution in [2.24, 2.45) is 17.6 Å². The summed E-state index contributed by atoms with van der Waals surface area (Å²) in [6.45, 7) is 4.71. The average Bonchev–Trinajstić information content (AvgIpc) is 2.94. The van der Waals surface area contributed by atoms with Crippen molar-refractivity contribution in [3.8, 4) is 0 Å². The molecule has 0 aliphatic heterocycles. The van der Waals surface area contributed by atoms with E-state index in [0.717, 1.165) is 12.1 Å². The van der Waals surface area contributed by atoms with Crippen LogP contribution in [0.2, 0.25) is 0 Å². The minimum atomic E-state index is -0.0233. The Labute approximate surface area is 128 Å². The van der Waals surface area contributed by atoms with Crippen LogP contribution in [0.5, 0.6) is 0 Å². The van der Waals surface area contributed by atoms with Gasteiger partial charge in [-0.1, -0.05) is 33.1 Å². The molecule has 1 aromatic heterocycles. The maximum absolute atomic E-state index is 12.3.